The Morgan fingerprint density at radius 2 is 1.88 bits per heavy atom. The Hall–Kier alpha value is -2.18. The number of furan rings is 1. The van der Waals surface area contributed by atoms with Crippen LogP contribution in [0.4, 0.5) is 10.1 Å². The van der Waals surface area contributed by atoms with Crippen LogP contribution in [0.3, 0.4) is 0 Å². The zero-order valence-electron chi connectivity index (χ0n) is 13.7. The van der Waals surface area contributed by atoms with Crippen LogP contribution in [-0.2, 0) is 13.2 Å². The number of Topliss-reactive ketones (excluding diaryl/α,β-unsaturated/α-hetero) is 1. The third-order valence-corrected chi connectivity index (χ3v) is 4.32. The van der Waals surface area contributed by atoms with Gasteiger partial charge in [0, 0.05) is 31.7 Å². The van der Waals surface area contributed by atoms with Crippen molar-refractivity contribution >= 4 is 11.5 Å². The van der Waals surface area contributed by atoms with Gasteiger partial charge in [0.2, 0.25) is 0 Å². The van der Waals surface area contributed by atoms with Crippen molar-refractivity contribution in [2.24, 2.45) is 0 Å². The van der Waals surface area contributed by atoms with E-state index in [1.54, 1.807) is 18.2 Å². The second-order valence-electron chi connectivity index (χ2n) is 6.01. The van der Waals surface area contributed by atoms with E-state index in [4.69, 9.17) is 9.52 Å². The van der Waals surface area contributed by atoms with Crippen molar-refractivity contribution in [1.29, 1.82) is 0 Å². The van der Waals surface area contributed by atoms with Crippen molar-refractivity contribution in [2.75, 3.05) is 31.1 Å². The molecule has 0 amide bonds. The molecule has 6 heteroatoms. The zero-order valence-corrected chi connectivity index (χ0v) is 13.7. The normalized spacial score (nSPS) is 15.7. The van der Waals surface area contributed by atoms with Gasteiger partial charge in [-0.3, -0.25) is 9.69 Å². The number of hydrogen-bond donors (Lipinski definition) is 1. The molecule has 128 valence electrons. The molecule has 2 aromatic rings. The standard InChI is InChI=1S/C18H21FN2O3/c1-13(23)14-2-5-18(17(19)10-14)21-8-6-20(7-9-21)11-15-3-4-16(12-22)24-15/h2-5,10,22H,6-9,11-12H2,1H3. The number of halogens is 1. The van der Waals surface area contributed by atoms with Gasteiger partial charge in [-0.25, -0.2) is 4.39 Å². The molecule has 5 nitrogen and oxygen atoms in total. The first-order valence-corrected chi connectivity index (χ1v) is 8.03. The first-order chi connectivity index (χ1) is 11.6. The van der Waals surface area contributed by atoms with Crippen LogP contribution >= 0.6 is 0 Å². The highest BCUT2D eigenvalue weighted by Crippen LogP contribution is 2.23. The molecule has 1 aliphatic rings. The van der Waals surface area contributed by atoms with Gasteiger partial charge >= 0.3 is 0 Å². The Balaban J connectivity index is 1.59. The Morgan fingerprint density at radius 1 is 1.17 bits per heavy atom. The minimum atomic E-state index is -0.352. The number of aliphatic hydroxyl groups excluding tert-OH is 1. The number of nitrogens with zero attached hydrogens (tertiary/aromatic N) is 2. The summed E-state index contributed by atoms with van der Waals surface area (Å²) in [4.78, 5) is 15.5. The van der Waals surface area contributed by atoms with E-state index in [-0.39, 0.29) is 18.2 Å². The van der Waals surface area contributed by atoms with Gasteiger partial charge in [0.15, 0.2) is 5.78 Å². The molecule has 0 atom stereocenters. The molecular weight excluding hydrogens is 311 g/mol. The Bertz CT molecular complexity index is 721. The van der Waals surface area contributed by atoms with Crippen molar-refractivity contribution in [3.8, 4) is 0 Å². The summed E-state index contributed by atoms with van der Waals surface area (Å²) in [5.74, 6) is 0.904. The lowest BCUT2D eigenvalue weighted by Gasteiger charge is -2.35. The number of benzene rings is 1. The number of anilines is 1. The monoisotopic (exact) mass is 332 g/mol. The fourth-order valence-electron chi connectivity index (χ4n) is 2.94. The van der Waals surface area contributed by atoms with Crippen molar-refractivity contribution in [3.63, 3.8) is 0 Å². The first kappa shape index (κ1) is 16.7. The first-order valence-electron chi connectivity index (χ1n) is 8.03. The van der Waals surface area contributed by atoms with Crippen molar-refractivity contribution < 1.29 is 18.7 Å². The minimum absolute atomic E-state index is 0.0939. The van der Waals surface area contributed by atoms with Crippen molar-refractivity contribution in [2.45, 2.75) is 20.1 Å². The van der Waals surface area contributed by atoms with E-state index < -0.39 is 0 Å². The van der Waals surface area contributed by atoms with Gasteiger partial charge in [0.25, 0.3) is 0 Å². The molecule has 0 bridgehead atoms. The Kier molecular flexibility index (Phi) is 4.97. The van der Waals surface area contributed by atoms with E-state index >= 15 is 0 Å². The van der Waals surface area contributed by atoms with E-state index in [0.29, 0.717) is 36.6 Å². The second-order valence-corrected chi connectivity index (χ2v) is 6.01. The van der Waals surface area contributed by atoms with Crippen LogP contribution in [0.15, 0.2) is 34.7 Å². The molecule has 24 heavy (non-hydrogen) atoms. The highest BCUT2D eigenvalue weighted by atomic mass is 19.1. The molecule has 1 fully saturated rings. The van der Waals surface area contributed by atoms with E-state index in [1.807, 2.05) is 11.0 Å². The molecule has 3 rings (SSSR count). The van der Waals surface area contributed by atoms with Crippen LogP contribution in [-0.4, -0.2) is 42.0 Å². The van der Waals surface area contributed by atoms with Gasteiger partial charge in [-0.2, -0.15) is 0 Å². The van der Waals surface area contributed by atoms with E-state index in [9.17, 15) is 9.18 Å². The fraction of sp³-hybridized carbons (Fsp3) is 0.389. The molecule has 1 aromatic heterocycles. The Labute approximate surface area is 140 Å². The number of piperazine rings is 1. The van der Waals surface area contributed by atoms with Crippen LogP contribution in [0.1, 0.15) is 28.8 Å². The summed E-state index contributed by atoms with van der Waals surface area (Å²) in [5.41, 5.74) is 0.938. The number of ketones is 1. The van der Waals surface area contributed by atoms with Crippen LogP contribution in [0.25, 0.3) is 0 Å². The largest absolute Gasteiger partial charge is 0.462 e. The lowest BCUT2D eigenvalue weighted by atomic mass is 10.1. The molecule has 0 radical (unpaired) electrons. The van der Waals surface area contributed by atoms with E-state index in [0.717, 1.165) is 18.8 Å². The van der Waals surface area contributed by atoms with Crippen molar-refractivity contribution in [1.82, 2.24) is 4.90 Å². The fourth-order valence-corrected chi connectivity index (χ4v) is 2.94. The molecule has 2 heterocycles. The number of rotatable bonds is 5. The lowest BCUT2D eigenvalue weighted by molar-refractivity contribution is 0.101. The summed E-state index contributed by atoms with van der Waals surface area (Å²) in [7, 11) is 0. The van der Waals surface area contributed by atoms with Gasteiger partial charge in [0.1, 0.15) is 23.9 Å². The van der Waals surface area contributed by atoms with Crippen LogP contribution < -0.4 is 4.90 Å². The van der Waals surface area contributed by atoms with E-state index in [1.165, 1.54) is 13.0 Å². The third-order valence-electron chi connectivity index (χ3n) is 4.32. The summed E-state index contributed by atoms with van der Waals surface area (Å²) in [6, 6.07) is 8.31. The lowest BCUT2D eigenvalue weighted by Crippen LogP contribution is -2.46. The number of aliphatic hydroxyl groups is 1. The third kappa shape index (κ3) is 3.66. The average Bonchev–Trinajstić information content (AvgIpc) is 3.03. The molecule has 0 spiro atoms. The number of carbonyl (C=O) groups excluding carboxylic acids is 1. The summed E-state index contributed by atoms with van der Waals surface area (Å²) in [6.45, 7) is 5.03. The molecule has 0 unspecified atom stereocenters. The molecule has 1 N–H and O–H groups in total. The summed E-state index contributed by atoms with van der Waals surface area (Å²) < 4.78 is 19.7. The summed E-state index contributed by atoms with van der Waals surface area (Å²) >= 11 is 0. The quantitative estimate of drug-likeness (QED) is 0.852. The summed E-state index contributed by atoms with van der Waals surface area (Å²) in [6.07, 6.45) is 0. The predicted octanol–water partition coefficient (Wildman–Crippen LogP) is 2.44. The maximum Gasteiger partial charge on any atom is 0.159 e. The molecular formula is C18H21FN2O3. The molecule has 1 aromatic carbocycles. The molecule has 0 aliphatic carbocycles. The Morgan fingerprint density at radius 3 is 2.46 bits per heavy atom. The van der Waals surface area contributed by atoms with Gasteiger partial charge in [0.05, 0.1) is 12.2 Å². The van der Waals surface area contributed by atoms with Gasteiger partial charge in [-0.1, -0.05) is 0 Å². The van der Waals surface area contributed by atoms with Crippen LogP contribution in [0.2, 0.25) is 0 Å². The predicted molar refractivity (Wildman–Crippen MR) is 88.5 cm³/mol. The summed E-state index contributed by atoms with van der Waals surface area (Å²) in [5, 5.41) is 9.03. The van der Waals surface area contributed by atoms with Crippen molar-refractivity contribution in [3.05, 3.63) is 53.2 Å². The number of carbonyl (C=O) groups is 1. The number of hydrogen-bond acceptors (Lipinski definition) is 5. The molecule has 0 saturated carbocycles. The average molecular weight is 332 g/mol. The second kappa shape index (κ2) is 7.15. The zero-order chi connectivity index (χ0) is 17.1. The topological polar surface area (TPSA) is 56.9 Å². The highest BCUT2D eigenvalue weighted by molar-refractivity contribution is 5.94. The van der Waals surface area contributed by atoms with E-state index in [2.05, 4.69) is 4.90 Å². The van der Waals surface area contributed by atoms with Gasteiger partial charge < -0.3 is 14.4 Å². The van der Waals surface area contributed by atoms with Gasteiger partial charge in [-0.15, -0.1) is 0 Å². The minimum Gasteiger partial charge on any atom is -0.462 e. The molecule has 1 saturated heterocycles. The SMILES string of the molecule is CC(=O)c1ccc(N2CCN(Cc3ccc(CO)o3)CC2)c(F)c1. The maximum atomic E-state index is 14.2. The smallest absolute Gasteiger partial charge is 0.159 e. The van der Waals surface area contributed by atoms with Gasteiger partial charge in [-0.05, 0) is 37.3 Å². The van der Waals surface area contributed by atoms with Crippen LogP contribution in [0.5, 0.6) is 0 Å². The van der Waals surface area contributed by atoms with Crippen LogP contribution in [0, 0.1) is 5.82 Å². The maximum absolute atomic E-state index is 14.2. The highest BCUT2D eigenvalue weighted by Gasteiger charge is 2.20. The molecule has 1 aliphatic heterocycles.